The molecule has 2 unspecified atom stereocenters. The van der Waals surface area contributed by atoms with Gasteiger partial charge in [-0.1, -0.05) is 26.0 Å². The molecule has 2 nitrogen and oxygen atoms in total. The lowest BCUT2D eigenvalue weighted by Crippen LogP contribution is -2.28. The van der Waals surface area contributed by atoms with Crippen molar-refractivity contribution in [1.29, 1.82) is 0 Å². The predicted octanol–water partition coefficient (Wildman–Crippen LogP) is 2.42. The molecule has 0 aliphatic rings. The minimum Gasteiger partial charge on any atom is -0.386 e. The first-order chi connectivity index (χ1) is 6.54. The molecule has 0 bridgehead atoms. The summed E-state index contributed by atoms with van der Waals surface area (Å²) in [6, 6.07) is 0. The van der Waals surface area contributed by atoms with Gasteiger partial charge in [-0.25, -0.2) is 0 Å². The van der Waals surface area contributed by atoms with E-state index in [1.807, 2.05) is 39.8 Å². The normalized spacial score (nSPS) is 18.1. The Morgan fingerprint density at radius 3 is 1.43 bits per heavy atom. The van der Waals surface area contributed by atoms with Crippen LogP contribution in [0, 0.1) is 0 Å². The minimum absolute atomic E-state index is 0.766. The average Bonchev–Trinajstić information content (AvgIpc) is 2.16. The van der Waals surface area contributed by atoms with Crippen LogP contribution in [0.3, 0.4) is 0 Å². The second-order valence-electron chi connectivity index (χ2n) is 3.60. The van der Waals surface area contributed by atoms with E-state index >= 15 is 0 Å². The molecule has 0 aromatic carbocycles. The molecule has 0 aromatic heterocycles. The van der Waals surface area contributed by atoms with Gasteiger partial charge in [-0.15, -0.1) is 0 Å². The second-order valence-corrected chi connectivity index (χ2v) is 3.60. The summed E-state index contributed by atoms with van der Waals surface area (Å²) < 4.78 is 0. The Hall–Kier alpha value is -0.600. The van der Waals surface area contributed by atoms with E-state index in [0.717, 1.165) is 24.0 Å². The summed E-state index contributed by atoms with van der Waals surface area (Å²) in [7, 11) is 0. The fourth-order valence-corrected chi connectivity index (χ4v) is 1.38. The van der Waals surface area contributed by atoms with Crippen LogP contribution in [-0.4, -0.2) is 22.4 Å². The Balaban J connectivity index is 4.45. The molecule has 0 aromatic rings. The molecule has 0 amide bonds. The van der Waals surface area contributed by atoms with E-state index in [1.54, 1.807) is 0 Å². The summed E-state index contributed by atoms with van der Waals surface area (Å²) in [4.78, 5) is 0. The topological polar surface area (TPSA) is 40.5 Å². The SMILES string of the molecule is CCC=C(C)C(O)C(O)C(C)=CCC. The van der Waals surface area contributed by atoms with Crippen molar-refractivity contribution in [3.63, 3.8) is 0 Å². The molecule has 2 atom stereocenters. The van der Waals surface area contributed by atoms with E-state index < -0.39 is 12.2 Å². The predicted molar refractivity (Wildman–Crippen MR) is 60.1 cm³/mol. The molecular weight excluding hydrogens is 176 g/mol. The van der Waals surface area contributed by atoms with Crippen LogP contribution >= 0.6 is 0 Å². The van der Waals surface area contributed by atoms with Crippen LogP contribution in [0.2, 0.25) is 0 Å². The molecule has 0 rings (SSSR count). The molecule has 2 heteroatoms. The molecule has 0 radical (unpaired) electrons. The summed E-state index contributed by atoms with van der Waals surface area (Å²) in [5, 5.41) is 19.5. The van der Waals surface area contributed by atoms with Gasteiger partial charge in [0.15, 0.2) is 0 Å². The van der Waals surface area contributed by atoms with Gasteiger partial charge in [0, 0.05) is 0 Å². The van der Waals surface area contributed by atoms with Crippen molar-refractivity contribution in [2.75, 3.05) is 0 Å². The number of hydrogen-bond donors (Lipinski definition) is 2. The van der Waals surface area contributed by atoms with Gasteiger partial charge in [0.25, 0.3) is 0 Å². The number of hydrogen-bond acceptors (Lipinski definition) is 2. The van der Waals surface area contributed by atoms with Crippen LogP contribution in [0.5, 0.6) is 0 Å². The maximum atomic E-state index is 9.76. The maximum absolute atomic E-state index is 9.76. The standard InChI is InChI=1S/C12H22O2/c1-5-7-9(3)11(13)12(14)10(4)8-6-2/h7-8,11-14H,5-6H2,1-4H3. The summed E-state index contributed by atoms with van der Waals surface area (Å²) >= 11 is 0. The molecule has 0 aliphatic heterocycles. The Kier molecular flexibility index (Phi) is 6.50. The van der Waals surface area contributed by atoms with Crippen molar-refractivity contribution in [2.24, 2.45) is 0 Å². The molecule has 82 valence electrons. The molecule has 0 fully saturated rings. The summed E-state index contributed by atoms with van der Waals surface area (Å²) in [6.45, 7) is 7.71. The van der Waals surface area contributed by atoms with Gasteiger partial charge >= 0.3 is 0 Å². The fourth-order valence-electron chi connectivity index (χ4n) is 1.38. The van der Waals surface area contributed by atoms with Crippen LogP contribution in [0.4, 0.5) is 0 Å². The lowest BCUT2D eigenvalue weighted by Gasteiger charge is -2.19. The lowest BCUT2D eigenvalue weighted by molar-refractivity contribution is 0.0654. The van der Waals surface area contributed by atoms with Gasteiger partial charge < -0.3 is 10.2 Å². The Bertz CT molecular complexity index is 192. The fraction of sp³-hybridized carbons (Fsp3) is 0.667. The van der Waals surface area contributed by atoms with Crippen LogP contribution in [-0.2, 0) is 0 Å². The van der Waals surface area contributed by atoms with E-state index in [2.05, 4.69) is 0 Å². The number of allylic oxidation sites excluding steroid dienone is 2. The highest BCUT2D eigenvalue weighted by atomic mass is 16.3. The number of aliphatic hydroxyl groups is 2. The number of rotatable bonds is 5. The quantitative estimate of drug-likeness (QED) is 0.666. The van der Waals surface area contributed by atoms with Crippen LogP contribution in [0.1, 0.15) is 40.5 Å². The largest absolute Gasteiger partial charge is 0.386 e. The maximum Gasteiger partial charge on any atom is 0.104 e. The molecular formula is C12H22O2. The van der Waals surface area contributed by atoms with Crippen LogP contribution in [0.25, 0.3) is 0 Å². The summed E-state index contributed by atoms with van der Waals surface area (Å²) in [5.41, 5.74) is 1.67. The number of aliphatic hydroxyl groups excluding tert-OH is 2. The van der Waals surface area contributed by atoms with Gasteiger partial charge in [0.1, 0.15) is 12.2 Å². The second kappa shape index (κ2) is 6.80. The summed E-state index contributed by atoms with van der Waals surface area (Å²) in [6.07, 6.45) is 4.11. The smallest absolute Gasteiger partial charge is 0.104 e. The summed E-state index contributed by atoms with van der Waals surface area (Å²) in [5.74, 6) is 0. The molecule has 2 N–H and O–H groups in total. The van der Waals surface area contributed by atoms with Gasteiger partial charge in [0.05, 0.1) is 0 Å². The highest BCUT2D eigenvalue weighted by molar-refractivity contribution is 5.16. The Labute approximate surface area is 87.0 Å². The van der Waals surface area contributed by atoms with E-state index in [0.29, 0.717) is 0 Å². The van der Waals surface area contributed by atoms with Crippen LogP contribution < -0.4 is 0 Å². The molecule has 0 saturated carbocycles. The Morgan fingerprint density at radius 1 is 0.929 bits per heavy atom. The first kappa shape index (κ1) is 13.4. The third-order valence-electron chi connectivity index (χ3n) is 2.28. The van der Waals surface area contributed by atoms with E-state index in [4.69, 9.17) is 0 Å². The van der Waals surface area contributed by atoms with Gasteiger partial charge in [-0.2, -0.15) is 0 Å². The van der Waals surface area contributed by atoms with Crippen LogP contribution in [0.15, 0.2) is 23.3 Å². The zero-order valence-corrected chi connectivity index (χ0v) is 9.62. The highest BCUT2D eigenvalue weighted by Crippen LogP contribution is 2.14. The molecule has 0 aliphatic carbocycles. The molecule has 0 heterocycles. The van der Waals surface area contributed by atoms with Crippen molar-refractivity contribution in [1.82, 2.24) is 0 Å². The molecule has 0 saturated heterocycles. The molecule has 0 spiro atoms. The van der Waals surface area contributed by atoms with E-state index in [9.17, 15) is 10.2 Å². The zero-order chi connectivity index (χ0) is 11.1. The first-order valence-corrected chi connectivity index (χ1v) is 5.24. The Morgan fingerprint density at radius 2 is 1.21 bits per heavy atom. The van der Waals surface area contributed by atoms with Crippen molar-refractivity contribution in [2.45, 2.75) is 52.7 Å². The van der Waals surface area contributed by atoms with E-state index in [-0.39, 0.29) is 0 Å². The van der Waals surface area contributed by atoms with Gasteiger partial charge in [0.2, 0.25) is 0 Å². The average molecular weight is 198 g/mol. The third kappa shape index (κ3) is 4.07. The monoisotopic (exact) mass is 198 g/mol. The minimum atomic E-state index is -0.766. The van der Waals surface area contributed by atoms with Crippen molar-refractivity contribution >= 4 is 0 Å². The molecule has 14 heavy (non-hydrogen) atoms. The van der Waals surface area contributed by atoms with Crippen molar-refractivity contribution in [3.05, 3.63) is 23.3 Å². The van der Waals surface area contributed by atoms with Gasteiger partial charge in [-0.05, 0) is 37.8 Å². The van der Waals surface area contributed by atoms with Gasteiger partial charge in [-0.3, -0.25) is 0 Å². The highest BCUT2D eigenvalue weighted by Gasteiger charge is 2.18. The zero-order valence-electron chi connectivity index (χ0n) is 9.62. The lowest BCUT2D eigenvalue weighted by atomic mass is 9.99. The van der Waals surface area contributed by atoms with Crippen molar-refractivity contribution in [3.8, 4) is 0 Å². The third-order valence-corrected chi connectivity index (χ3v) is 2.28. The first-order valence-electron chi connectivity index (χ1n) is 5.24. The van der Waals surface area contributed by atoms with Crippen molar-refractivity contribution < 1.29 is 10.2 Å². The van der Waals surface area contributed by atoms with E-state index in [1.165, 1.54) is 0 Å².